The monoisotopic (exact) mass is 498 g/mol. The molecule has 0 saturated carbocycles. The van der Waals surface area contributed by atoms with Gasteiger partial charge in [0.15, 0.2) is 0 Å². The first-order valence-corrected chi connectivity index (χ1v) is 12.6. The molecule has 0 unspecified atom stereocenters. The average molecular weight is 499 g/mol. The minimum absolute atomic E-state index is 0.0596. The van der Waals surface area contributed by atoms with Crippen molar-refractivity contribution in [1.82, 2.24) is 9.88 Å². The summed E-state index contributed by atoms with van der Waals surface area (Å²) in [5.41, 5.74) is 3.51. The van der Waals surface area contributed by atoms with Crippen LogP contribution in [0.15, 0.2) is 59.5 Å². The van der Waals surface area contributed by atoms with Gasteiger partial charge in [0, 0.05) is 35.8 Å². The van der Waals surface area contributed by atoms with Crippen molar-refractivity contribution in [2.45, 2.75) is 23.8 Å². The molecule has 1 atom stereocenters. The van der Waals surface area contributed by atoms with Crippen LogP contribution in [-0.2, 0) is 0 Å². The first-order valence-electron chi connectivity index (χ1n) is 11.6. The molecular formula is C27H25F3N2O2S. The van der Waals surface area contributed by atoms with Gasteiger partial charge in [0.2, 0.25) is 11.9 Å². The highest BCUT2D eigenvalue weighted by atomic mass is 32.2. The molecule has 1 N–H and O–H groups in total. The zero-order valence-corrected chi connectivity index (χ0v) is 19.8. The van der Waals surface area contributed by atoms with Gasteiger partial charge in [-0.2, -0.15) is 13.8 Å². The molecule has 1 saturated heterocycles. The second kappa shape index (κ2) is 10.3. The number of halogens is 3. The molecule has 2 aromatic carbocycles. The lowest BCUT2D eigenvalue weighted by atomic mass is 9.90. The molecule has 0 aliphatic carbocycles. The minimum Gasteiger partial charge on any atom is -0.508 e. The SMILES string of the molecule is Oc1ccc2c(c1)SCC(c1ccc(F)nc1F)=C2c1ccc(O[C@H]2CCN(CCCF)C2)cc1. The highest BCUT2D eigenvalue weighted by Gasteiger charge is 2.26. The van der Waals surface area contributed by atoms with Crippen molar-refractivity contribution in [3.8, 4) is 11.5 Å². The number of phenols is 1. The number of rotatable bonds is 7. The second-order valence-electron chi connectivity index (χ2n) is 8.69. The summed E-state index contributed by atoms with van der Waals surface area (Å²) in [6.45, 7) is 2.12. The van der Waals surface area contributed by atoms with Crippen LogP contribution in [0.25, 0.3) is 11.1 Å². The molecule has 8 heteroatoms. The molecule has 1 aromatic heterocycles. The molecule has 0 spiro atoms. The molecule has 3 heterocycles. The molecule has 0 bridgehead atoms. The van der Waals surface area contributed by atoms with Gasteiger partial charge in [-0.3, -0.25) is 9.29 Å². The maximum absolute atomic E-state index is 14.7. The molecular weight excluding hydrogens is 473 g/mol. The Balaban J connectivity index is 1.46. The number of aromatic hydroxyl groups is 1. The number of phenolic OH excluding ortho intramolecular Hbond substituents is 1. The molecule has 3 aromatic rings. The van der Waals surface area contributed by atoms with Gasteiger partial charge in [0.05, 0.1) is 6.67 Å². The predicted molar refractivity (Wildman–Crippen MR) is 131 cm³/mol. The fraction of sp³-hybridized carbons (Fsp3) is 0.296. The lowest BCUT2D eigenvalue weighted by Gasteiger charge is -2.24. The number of hydrogen-bond acceptors (Lipinski definition) is 5. The normalized spacial score (nSPS) is 18.1. The third-order valence-corrected chi connectivity index (χ3v) is 7.41. The molecule has 5 rings (SSSR count). The maximum Gasteiger partial charge on any atom is 0.223 e. The Bertz CT molecular complexity index is 1250. The van der Waals surface area contributed by atoms with Crippen LogP contribution in [0.5, 0.6) is 11.5 Å². The molecule has 35 heavy (non-hydrogen) atoms. The highest BCUT2D eigenvalue weighted by molar-refractivity contribution is 7.99. The molecule has 182 valence electrons. The largest absolute Gasteiger partial charge is 0.508 e. The Morgan fingerprint density at radius 1 is 1.06 bits per heavy atom. The number of benzene rings is 2. The first kappa shape index (κ1) is 23.8. The molecule has 2 aliphatic rings. The maximum atomic E-state index is 14.7. The van der Waals surface area contributed by atoms with E-state index < -0.39 is 11.9 Å². The minimum atomic E-state index is -0.862. The van der Waals surface area contributed by atoms with Crippen LogP contribution in [-0.4, -0.2) is 53.2 Å². The quantitative estimate of drug-likeness (QED) is 0.409. The highest BCUT2D eigenvalue weighted by Crippen LogP contribution is 2.45. The Hall–Kier alpha value is -2.97. The van der Waals surface area contributed by atoms with Crippen LogP contribution < -0.4 is 4.74 Å². The third-order valence-electron chi connectivity index (χ3n) is 6.33. The van der Waals surface area contributed by atoms with Crippen molar-refractivity contribution in [2.75, 3.05) is 32.1 Å². The van der Waals surface area contributed by atoms with Gasteiger partial charge in [-0.1, -0.05) is 12.1 Å². The number of ether oxygens (including phenoxy) is 1. The van der Waals surface area contributed by atoms with Crippen molar-refractivity contribution >= 4 is 22.9 Å². The third kappa shape index (κ3) is 5.18. The van der Waals surface area contributed by atoms with Crippen molar-refractivity contribution in [3.63, 3.8) is 0 Å². The summed E-state index contributed by atoms with van der Waals surface area (Å²) in [5, 5.41) is 9.96. The van der Waals surface area contributed by atoms with Gasteiger partial charge in [-0.05, 0) is 77.6 Å². The second-order valence-corrected chi connectivity index (χ2v) is 9.71. The van der Waals surface area contributed by atoms with Crippen LogP contribution in [0.1, 0.15) is 29.5 Å². The van der Waals surface area contributed by atoms with E-state index in [0.717, 1.165) is 59.5 Å². The Morgan fingerprint density at radius 2 is 1.86 bits per heavy atom. The summed E-state index contributed by atoms with van der Waals surface area (Å²) in [6.07, 6.45) is 1.50. The number of likely N-dealkylation sites (tertiary alicyclic amines) is 1. The Kier molecular flexibility index (Phi) is 7.02. The molecule has 0 amide bonds. The van der Waals surface area contributed by atoms with E-state index in [1.165, 1.54) is 17.8 Å². The zero-order chi connectivity index (χ0) is 24.4. The van der Waals surface area contributed by atoms with E-state index in [1.54, 1.807) is 12.1 Å². The number of alkyl halides is 1. The number of fused-ring (bicyclic) bond motifs is 1. The lowest BCUT2D eigenvalue weighted by molar-refractivity contribution is 0.198. The van der Waals surface area contributed by atoms with Crippen LogP contribution in [0.4, 0.5) is 13.2 Å². The van der Waals surface area contributed by atoms with E-state index in [1.807, 2.05) is 30.3 Å². The van der Waals surface area contributed by atoms with E-state index in [4.69, 9.17) is 4.74 Å². The zero-order valence-electron chi connectivity index (χ0n) is 19.0. The van der Waals surface area contributed by atoms with E-state index in [-0.39, 0.29) is 24.1 Å². The topological polar surface area (TPSA) is 45.6 Å². The Labute approximate surface area is 206 Å². The molecule has 1 fully saturated rings. The average Bonchev–Trinajstić information content (AvgIpc) is 3.30. The van der Waals surface area contributed by atoms with Gasteiger partial charge in [-0.25, -0.2) is 0 Å². The van der Waals surface area contributed by atoms with Crippen LogP contribution in [0.2, 0.25) is 0 Å². The standard InChI is InChI=1S/C27H25F3N2O2S/c28-11-1-12-32-13-10-20(15-32)34-19-5-2-17(3-6-19)26-22-7-4-18(33)14-24(22)35-16-23(26)21-8-9-25(29)31-27(21)30/h2-9,14,20,33H,1,10-13,15-16H2/t20-/m0/s1. The van der Waals surface area contributed by atoms with Gasteiger partial charge >= 0.3 is 0 Å². The van der Waals surface area contributed by atoms with E-state index >= 15 is 0 Å². The summed E-state index contributed by atoms with van der Waals surface area (Å²) in [4.78, 5) is 6.48. The predicted octanol–water partition coefficient (Wildman–Crippen LogP) is 5.94. The number of hydrogen-bond donors (Lipinski definition) is 1. The molecule has 0 radical (unpaired) electrons. The lowest BCUT2D eigenvalue weighted by Crippen LogP contribution is -2.26. The summed E-state index contributed by atoms with van der Waals surface area (Å²) >= 11 is 1.49. The van der Waals surface area contributed by atoms with Crippen LogP contribution >= 0.6 is 11.8 Å². The molecule has 4 nitrogen and oxygen atoms in total. The molecule has 2 aliphatic heterocycles. The number of thioether (sulfide) groups is 1. The summed E-state index contributed by atoms with van der Waals surface area (Å²) in [6, 6.07) is 15.4. The number of nitrogens with zero attached hydrogens (tertiary/aromatic N) is 2. The van der Waals surface area contributed by atoms with Crippen molar-refractivity contribution in [3.05, 3.63) is 83.2 Å². The van der Waals surface area contributed by atoms with E-state index in [2.05, 4.69) is 9.88 Å². The summed E-state index contributed by atoms with van der Waals surface area (Å²) < 4.78 is 46.8. The summed E-state index contributed by atoms with van der Waals surface area (Å²) in [5.74, 6) is -0.364. The van der Waals surface area contributed by atoms with Gasteiger partial charge in [0.25, 0.3) is 0 Å². The van der Waals surface area contributed by atoms with Gasteiger partial charge < -0.3 is 9.84 Å². The van der Waals surface area contributed by atoms with Gasteiger partial charge in [0.1, 0.15) is 17.6 Å². The first-order chi connectivity index (χ1) is 17.0. The Morgan fingerprint density at radius 3 is 2.63 bits per heavy atom. The van der Waals surface area contributed by atoms with Gasteiger partial charge in [-0.15, -0.1) is 11.8 Å². The van der Waals surface area contributed by atoms with E-state index in [0.29, 0.717) is 17.7 Å². The van der Waals surface area contributed by atoms with Crippen LogP contribution in [0.3, 0.4) is 0 Å². The number of aromatic nitrogens is 1. The van der Waals surface area contributed by atoms with E-state index in [9.17, 15) is 18.3 Å². The fourth-order valence-corrected chi connectivity index (χ4v) is 5.80. The number of pyridine rings is 1. The van der Waals surface area contributed by atoms with Crippen molar-refractivity contribution < 1.29 is 23.0 Å². The summed E-state index contributed by atoms with van der Waals surface area (Å²) in [7, 11) is 0. The smallest absolute Gasteiger partial charge is 0.223 e. The van der Waals surface area contributed by atoms with Crippen LogP contribution in [0, 0.1) is 11.9 Å². The fourth-order valence-electron chi connectivity index (χ4n) is 4.67. The van der Waals surface area contributed by atoms with Crippen molar-refractivity contribution in [2.24, 2.45) is 0 Å². The van der Waals surface area contributed by atoms with Crippen molar-refractivity contribution in [1.29, 1.82) is 0 Å².